The molecular weight excluding hydrogens is 496 g/mol. The normalized spacial score (nSPS) is 23.0. The van der Waals surface area contributed by atoms with E-state index < -0.39 is 23.4 Å². The maximum atomic E-state index is 13.1. The van der Waals surface area contributed by atoms with E-state index in [1.807, 2.05) is 4.90 Å². The molecule has 2 aromatic rings. The lowest BCUT2D eigenvalue weighted by molar-refractivity contribution is -0.137. The van der Waals surface area contributed by atoms with Crippen LogP contribution in [0.3, 0.4) is 0 Å². The molecule has 1 saturated heterocycles. The second-order valence-electron chi connectivity index (χ2n) is 7.75. The number of hydrogen-bond donors (Lipinski definition) is 2. The molecule has 0 saturated carbocycles. The van der Waals surface area contributed by atoms with Gasteiger partial charge in [0.1, 0.15) is 16.7 Å². The lowest BCUT2D eigenvalue weighted by Crippen LogP contribution is -2.60. The summed E-state index contributed by atoms with van der Waals surface area (Å²) < 4.78 is 39.3. The molecule has 0 amide bonds. The fraction of sp³-hybridized carbons (Fsp3) is 0.286. The molecule has 174 valence electrons. The number of anilines is 2. The Morgan fingerprint density at radius 1 is 0.970 bits per heavy atom. The summed E-state index contributed by atoms with van der Waals surface area (Å²) in [6.45, 7) is 1.56. The van der Waals surface area contributed by atoms with Crippen molar-refractivity contribution in [1.29, 1.82) is 0 Å². The number of halogens is 5. The van der Waals surface area contributed by atoms with Crippen LogP contribution in [0, 0.1) is 0 Å². The molecule has 5 rings (SSSR count). The smallest absolute Gasteiger partial charge is 0.342 e. The third-order valence-corrected chi connectivity index (χ3v) is 7.32. The van der Waals surface area contributed by atoms with Crippen LogP contribution in [0.2, 0.25) is 10.0 Å². The molecule has 3 aliphatic rings. The molecule has 1 fully saturated rings. The van der Waals surface area contributed by atoms with E-state index >= 15 is 0 Å². The van der Waals surface area contributed by atoms with Crippen LogP contribution in [-0.4, -0.2) is 35.6 Å². The maximum absolute atomic E-state index is 13.1. The standard InChI is InChI=1S/C21H19Cl2F3N6S/c22-13-3-1-4-14(23)15(13)32-16-17(27)31(12-7-5-11(6-8-12)21(24,25)26)20(30-9-2-10-30)29-18(16)33-19(32)28/h1,3-8,17,19H,2,9-10,27-28H2. The first kappa shape index (κ1) is 22.7. The summed E-state index contributed by atoms with van der Waals surface area (Å²) in [5.41, 5.74) is 13.5. The molecule has 2 atom stereocenters. The summed E-state index contributed by atoms with van der Waals surface area (Å²) >= 11 is 14.2. The first-order chi connectivity index (χ1) is 15.7. The van der Waals surface area contributed by atoms with Crippen molar-refractivity contribution in [3.63, 3.8) is 0 Å². The Morgan fingerprint density at radius 3 is 2.15 bits per heavy atom. The van der Waals surface area contributed by atoms with Gasteiger partial charge >= 0.3 is 6.18 Å². The van der Waals surface area contributed by atoms with Crippen LogP contribution in [0.25, 0.3) is 0 Å². The largest absolute Gasteiger partial charge is 0.416 e. The van der Waals surface area contributed by atoms with E-state index in [1.54, 1.807) is 28.0 Å². The van der Waals surface area contributed by atoms with Gasteiger partial charge < -0.3 is 21.3 Å². The Labute approximate surface area is 202 Å². The quantitative estimate of drug-likeness (QED) is 0.597. The van der Waals surface area contributed by atoms with E-state index in [1.165, 1.54) is 23.9 Å². The fourth-order valence-electron chi connectivity index (χ4n) is 4.00. The van der Waals surface area contributed by atoms with Gasteiger partial charge in [0, 0.05) is 18.8 Å². The molecule has 0 bridgehead atoms. The first-order valence-corrected chi connectivity index (χ1v) is 11.8. The van der Waals surface area contributed by atoms with E-state index in [4.69, 9.17) is 39.7 Å². The van der Waals surface area contributed by atoms with Crippen molar-refractivity contribution in [2.75, 3.05) is 22.9 Å². The van der Waals surface area contributed by atoms with Gasteiger partial charge in [0.2, 0.25) is 5.96 Å². The van der Waals surface area contributed by atoms with Crippen molar-refractivity contribution in [2.24, 2.45) is 16.5 Å². The SMILES string of the molecule is NC1SC2=C(C(N)N(c3ccc(C(F)(F)F)cc3)C(N3CCC3)=N2)N1c1c(Cl)cccc1Cl. The van der Waals surface area contributed by atoms with Gasteiger partial charge in [-0.1, -0.05) is 41.0 Å². The van der Waals surface area contributed by atoms with Crippen LogP contribution in [-0.2, 0) is 6.18 Å². The fourth-order valence-corrected chi connectivity index (χ4v) is 5.61. The number of para-hydroxylation sites is 1. The molecule has 3 heterocycles. The molecule has 2 aromatic carbocycles. The van der Waals surface area contributed by atoms with Crippen LogP contribution >= 0.6 is 35.0 Å². The van der Waals surface area contributed by atoms with Gasteiger partial charge in [0.05, 0.1) is 27.0 Å². The lowest BCUT2D eigenvalue weighted by Gasteiger charge is -2.45. The monoisotopic (exact) mass is 514 g/mol. The van der Waals surface area contributed by atoms with Crippen LogP contribution in [0.15, 0.2) is 58.2 Å². The zero-order valence-electron chi connectivity index (χ0n) is 17.1. The van der Waals surface area contributed by atoms with Crippen molar-refractivity contribution < 1.29 is 13.2 Å². The van der Waals surface area contributed by atoms with Crippen LogP contribution in [0.4, 0.5) is 24.5 Å². The Hall–Kier alpha value is -2.11. The van der Waals surface area contributed by atoms with Crippen LogP contribution in [0.1, 0.15) is 12.0 Å². The van der Waals surface area contributed by atoms with Crippen molar-refractivity contribution in [1.82, 2.24) is 4.90 Å². The molecule has 0 radical (unpaired) electrons. The highest BCUT2D eigenvalue weighted by atomic mass is 35.5. The molecule has 0 spiro atoms. The first-order valence-electron chi connectivity index (χ1n) is 10.1. The number of hydrogen-bond acceptors (Lipinski definition) is 7. The Balaban J connectivity index is 1.60. The summed E-state index contributed by atoms with van der Waals surface area (Å²) in [5.74, 6) is 0.582. The summed E-state index contributed by atoms with van der Waals surface area (Å²) in [6, 6.07) is 10.0. The predicted molar refractivity (Wildman–Crippen MR) is 127 cm³/mol. The number of nitrogens with zero attached hydrogens (tertiary/aromatic N) is 4. The average Bonchev–Trinajstić information content (AvgIpc) is 3.02. The highest BCUT2D eigenvalue weighted by molar-refractivity contribution is 8.04. The van der Waals surface area contributed by atoms with E-state index in [-0.39, 0.29) is 0 Å². The van der Waals surface area contributed by atoms with Crippen LogP contribution < -0.4 is 21.3 Å². The molecule has 6 nitrogen and oxygen atoms in total. The number of benzene rings is 2. The van der Waals surface area contributed by atoms with Gasteiger partial charge in [0.25, 0.3) is 0 Å². The topological polar surface area (TPSA) is 74.1 Å². The van der Waals surface area contributed by atoms with Crippen molar-refractivity contribution in [3.8, 4) is 0 Å². The highest BCUT2D eigenvalue weighted by Crippen LogP contribution is 2.48. The van der Waals surface area contributed by atoms with E-state index in [9.17, 15) is 13.2 Å². The number of nitrogens with two attached hydrogens (primary N) is 2. The van der Waals surface area contributed by atoms with E-state index in [0.717, 1.165) is 31.6 Å². The zero-order valence-corrected chi connectivity index (χ0v) is 19.4. The molecule has 33 heavy (non-hydrogen) atoms. The van der Waals surface area contributed by atoms with Gasteiger partial charge in [-0.05, 0) is 42.8 Å². The lowest BCUT2D eigenvalue weighted by atomic mass is 10.1. The van der Waals surface area contributed by atoms with Crippen LogP contribution in [0.5, 0.6) is 0 Å². The molecular formula is C21H19Cl2F3N6S. The minimum Gasteiger partial charge on any atom is -0.342 e. The minimum absolute atomic E-state index is 0.401. The third kappa shape index (κ3) is 3.83. The molecule has 4 N–H and O–H groups in total. The number of aliphatic imine (C=N–C) groups is 1. The predicted octanol–water partition coefficient (Wildman–Crippen LogP) is 4.84. The van der Waals surface area contributed by atoms with Crippen molar-refractivity contribution >= 4 is 52.3 Å². The van der Waals surface area contributed by atoms with E-state index in [2.05, 4.69) is 0 Å². The number of thioether (sulfide) groups is 1. The number of guanidine groups is 1. The summed E-state index contributed by atoms with van der Waals surface area (Å²) in [6.07, 6.45) is -4.22. The molecule has 0 aliphatic carbocycles. The third-order valence-electron chi connectivity index (χ3n) is 5.73. The molecule has 0 aromatic heterocycles. The number of alkyl halides is 3. The van der Waals surface area contributed by atoms with Crippen molar-refractivity contribution in [3.05, 3.63) is 68.8 Å². The van der Waals surface area contributed by atoms with Gasteiger partial charge in [-0.3, -0.25) is 4.90 Å². The van der Waals surface area contributed by atoms with Crippen molar-refractivity contribution in [2.45, 2.75) is 24.3 Å². The second-order valence-corrected chi connectivity index (χ2v) is 9.67. The summed E-state index contributed by atoms with van der Waals surface area (Å²) in [7, 11) is 0. The number of rotatable bonds is 2. The molecule has 2 unspecified atom stereocenters. The second kappa shape index (κ2) is 8.28. The van der Waals surface area contributed by atoms with Gasteiger partial charge in [-0.15, -0.1) is 0 Å². The minimum atomic E-state index is -4.43. The summed E-state index contributed by atoms with van der Waals surface area (Å²) in [4.78, 5) is 10.4. The van der Waals surface area contributed by atoms with Gasteiger partial charge in [0.15, 0.2) is 0 Å². The van der Waals surface area contributed by atoms with Gasteiger partial charge in [-0.25, -0.2) is 4.99 Å². The Morgan fingerprint density at radius 2 is 1.61 bits per heavy atom. The zero-order chi connectivity index (χ0) is 23.5. The Bertz CT molecular complexity index is 1130. The Kier molecular flexibility index (Phi) is 5.69. The van der Waals surface area contributed by atoms with Gasteiger partial charge in [-0.2, -0.15) is 13.2 Å². The maximum Gasteiger partial charge on any atom is 0.416 e. The number of likely N-dealkylation sites (tertiary alicyclic amines) is 1. The molecule has 3 aliphatic heterocycles. The molecule has 12 heteroatoms. The average molecular weight is 515 g/mol. The summed E-state index contributed by atoms with van der Waals surface area (Å²) in [5, 5.41) is 1.44. The highest BCUT2D eigenvalue weighted by Gasteiger charge is 2.44. The van der Waals surface area contributed by atoms with E-state index in [0.29, 0.717) is 38.1 Å².